The minimum Gasteiger partial charge on any atom is -0.107 e. The molecule has 0 atom stereocenters. The van der Waals surface area contributed by atoms with Crippen molar-refractivity contribution in [2.45, 2.75) is 0 Å². The molecule has 12 heavy (non-hydrogen) atoms. The van der Waals surface area contributed by atoms with E-state index in [0.717, 1.165) is 0 Å². The first-order valence-corrected chi connectivity index (χ1v) is 2.00. The van der Waals surface area contributed by atoms with E-state index in [1.165, 1.54) is 0 Å². The Labute approximate surface area is 176 Å². The average Bonchev–Trinajstić information content (AvgIpc) is 1.72. The van der Waals surface area contributed by atoms with Crippen molar-refractivity contribution in [3.05, 3.63) is 36.4 Å². The standard InChI is InChI=1S/C6H6.6HI/c1-2-4-6-5-3-1;;;;;;/h1-6H;6*1H. The monoisotopic (exact) mass is 846 g/mol. The average molecular weight is 846 g/mol. The third kappa shape index (κ3) is 23.4. The first-order valence-electron chi connectivity index (χ1n) is 2.00. The van der Waals surface area contributed by atoms with Crippen molar-refractivity contribution in [2.24, 2.45) is 0 Å². The van der Waals surface area contributed by atoms with Crippen LogP contribution in [0.15, 0.2) is 36.4 Å². The largest absolute Gasteiger partial charge is 0.107 e. The molecule has 1 aromatic carbocycles. The van der Waals surface area contributed by atoms with Crippen LogP contribution in [0.4, 0.5) is 0 Å². The Morgan fingerprint density at radius 1 is 0.250 bits per heavy atom. The van der Waals surface area contributed by atoms with Gasteiger partial charge in [-0.2, -0.15) is 0 Å². The van der Waals surface area contributed by atoms with Crippen LogP contribution in [-0.2, 0) is 0 Å². The predicted molar refractivity (Wildman–Crippen MR) is 119 cm³/mol. The highest BCUT2D eigenvalue weighted by Gasteiger charge is 1.57. The second kappa shape index (κ2) is 29.3. The van der Waals surface area contributed by atoms with Crippen LogP contribution in [0.2, 0.25) is 0 Å². The summed E-state index contributed by atoms with van der Waals surface area (Å²) in [5.41, 5.74) is 0. The van der Waals surface area contributed by atoms with Crippen molar-refractivity contribution in [3.63, 3.8) is 0 Å². The molecule has 0 aliphatic heterocycles. The van der Waals surface area contributed by atoms with Gasteiger partial charge < -0.3 is 0 Å². The SMILES string of the molecule is I.I.I.I.I.I.c1ccccc1. The molecule has 78 valence electrons. The molecule has 0 fully saturated rings. The highest BCUT2D eigenvalue weighted by molar-refractivity contribution is 14.0. The van der Waals surface area contributed by atoms with Crippen LogP contribution in [0.3, 0.4) is 0 Å². The Morgan fingerprint density at radius 2 is 0.333 bits per heavy atom. The summed E-state index contributed by atoms with van der Waals surface area (Å²) in [6.45, 7) is 0. The fourth-order valence-electron chi connectivity index (χ4n) is 0.385. The lowest BCUT2D eigenvalue weighted by molar-refractivity contribution is 1.72. The maximum absolute atomic E-state index is 2.00. The fraction of sp³-hybridized carbons (Fsp3) is 0. The van der Waals surface area contributed by atoms with Crippen molar-refractivity contribution in [1.29, 1.82) is 0 Å². The Bertz CT molecular complexity index is 84.0. The molecule has 0 heterocycles. The molecule has 0 amide bonds. The predicted octanol–water partition coefficient (Wildman–Crippen LogP) is 5.39. The summed E-state index contributed by atoms with van der Waals surface area (Å²) in [5.74, 6) is 0. The van der Waals surface area contributed by atoms with Gasteiger partial charge in [0.15, 0.2) is 0 Å². The molecule has 0 aromatic heterocycles. The maximum Gasteiger partial charge on any atom is -0.0623 e. The molecular weight excluding hydrogens is 833 g/mol. The van der Waals surface area contributed by atoms with Crippen LogP contribution in [0.25, 0.3) is 0 Å². The minimum absolute atomic E-state index is 0. The molecule has 1 rings (SSSR count). The van der Waals surface area contributed by atoms with Gasteiger partial charge >= 0.3 is 0 Å². The van der Waals surface area contributed by atoms with Gasteiger partial charge in [0.05, 0.1) is 0 Å². The van der Waals surface area contributed by atoms with Gasteiger partial charge in [0.25, 0.3) is 0 Å². The van der Waals surface area contributed by atoms with E-state index in [2.05, 4.69) is 0 Å². The summed E-state index contributed by atoms with van der Waals surface area (Å²) in [4.78, 5) is 0. The summed E-state index contributed by atoms with van der Waals surface area (Å²) in [7, 11) is 0. The van der Waals surface area contributed by atoms with E-state index < -0.39 is 0 Å². The van der Waals surface area contributed by atoms with Crippen molar-refractivity contribution in [1.82, 2.24) is 0 Å². The van der Waals surface area contributed by atoms with Crippen LogP contribution in [0.1, 0.15) is 0 Å². The van der Waals surface area contributed by atoms with Crippen LogP contribution < -0.4 is 0 Å². The minimum atomic E-state index is 0. The van der Waals surface area contributed by atoms with Crippen LogP contribution >= 0.6 is 144 Å². The molecule has 0 nitrogen and oxygen atoms in total. The van der Waals surface area contributed by atoms with Gasteiger partial charge in [-0.05, 0) is 0 Å². The van der Waals surface area contributed by atoms with Crippen molar-refractivity contribution in [3.8, 4) is 0 Å². The topological polar surface area (TPSA) is 0 Å². The van der Waals surface area contributed by atoms with E-state index in [4.69, 9.17) is 0 Å². The maximum atomic E-state index is 2.00. The Morgan fingerprint density at radius 3 is 0.417 bits per heavy atom. The number of hydrogen-bond donors (Lipinski definition) is 0. The Balaban J connectivity index is -0.0000000150. The quantitative estimate of drug-likeness (QED) is 0.308. The van der Waals surface area contributed by atoms with E-state index >= 15 is 0 Å². The van der Waals surface area contributed by atoms with Crippen molar-refractivity contribution >= 4 is 144 Å². The summed E-state index contributed by atoms with van der Waals surface area (Å²) in [5, 5.41) is 0. The van der Waals surface area contributed by atoms with Gasteiger partial charge in [0, 0.05) is 0 Å². The fourth-order valence-corrected chi connectivity index (χ4v) is 0.385. The Kier molecular flexibility index (Phi) is 88.1. The molecule has 0 bridgehead atoms. The number of hydrogen-bond acceptors (Lipinski definition) is 0. The third-order valence-electron chi connectivity index (χ3n) is 0.667. The molecule has 0 spiro atoms. The molecule has 0 saturated heterocycles. The summed E-state index contributed by atoms with van der Waals surface area (Å²) < 4.78 is 0. The van der Waals surface area contributed by atoms with Crippen LogP contribution in [0, 0.1) is 0 Å². The second-order valence-electron chi connectivity index (χ2n) is 1.15. The molecule has 6 heteroatoms. The van der Waals surface area contributed by atoms with E-state index in [-0.39, 0.29) is 144 Å². The molecule has 0 aliphatic rings. The summed E-state index contributed by atoms with van der Waals surface area (Å²) >= 11 is 0. The number of halogens is 6. The summed E-state index contributed by atoms with van der Waals surface area (Å²) in [6.07, 6.45) is 0. The molecule has 0 saturated carbocycles. The molecular formula is C6H12I6. The van der Waals surface area contributed by atoms with Gasteiger partial charge in [-0.15, -0.1) is 144 Å². The van der Waals surface area contributed by atoms with Gasteiger partial charge in [0.1, 0.15) is 0 Å². The van der Waals surface area contributed by atoms with Gasteiger partial charge in [-0.25, -0.2) is 0 Å². The molecule has 1 aromatic rings. The highest BCUT2D eigenvalue weighted by Crippen LogP contribution is 1.79. The highest BCUT2D eigenvalue weighted by atomic mass is 127. The summed E-state index contributed by atoms with van der Waals surface area (Å²) in [6, 6.07) is 12.0. The van der Waals surface area contributed by atoms with E-state index in [0.29, 0.717) is 0 Å². The second-order valence-corrected chi connectivity index (χ2v) is 1.15. The van der Waals surface area contributed by atoms with E-state index in [1.807, 2.05) is 36.4 Å². The zero-order valence-corrected chi connectivity index (χ0v) is 19.9. The van der Waals surface area contributed by atoms with Crippen LogP contribution in [-0.4, -0.2) is 0 Å². The van der Waals surface area contributed by atoms with E-state index in [9.17, 15) is 0 Å². The van der Waals surface area contributed by atoms with E-state index in [1.54, 1.807) is 0 Å². The van der Waals surface area contributed by atoms with Crippen molar-refractivity contribution in [2.75, 3.05) is 0 Å². The first-order chi connectivity index (χ1) is 3.00. The lowest BCUT2D eigenvalue weighted by Gasteiger charge is -1.69. The smallest absolute Gasteiger partial charge is 0.0623 e. The Hall–Kier alpha value is 3.60. The first kappa shape index (κ1) is 36.1. The van der Waals surface area contributed by atoms with Crippen molar-refractivity contribution < 1.29 is 0 Å². The number of rotatable bonds is 0. The van der Waals surface area contributed by atoms with Gasteiger partial charge in [-0.3, -0.25) is 0 Å². The lowest BCUT2D eigenvalue weighted by atomic mass is 10.4. The van der Waals surface area contributed by atoms with Crippen LogP contribution in [0.5, 0.6) is 0 Å². The molecule has 0 aliphatic carbocycles. The number of benzene rings is 1. The molecule has 0 radical (unpaired) electrons. The lowest BCUT2D eigenvalue weighted by Crippen LogP contribution is -1.47. The van der Waals surface area contributed by atoms with Gasteiger partial charge in [0.2, 0.25) is 0 Å². The molecule has 0 N–H and O–H groups in total. The zero-order valence-electron chi connectivity index (χ0n) is 5.91. The molecule has 0 unspecified atom stereocenters. The zero-order chi connectivity index (χ0) is 4.24. The normalized spacial score (nSPS) is 4.00. The van der Waals surface area contributed by atoms with Gasteiger partial charge in [-0.1, -0.05) is 36.4 Å². The third-order valence-corrected chi connectivity index (χ3v) is 0.667.